The molecule has 16 heavy (non-hydrogen) atoms. The van der Waals surface area contributed by atoms with Crippen LogP contribution in [0.5, 0.6) is 0 Å². The molecule has 0 amide bonds. The molecule has 0 aliphatic carbocycles. The molecule has 0 atom stereocenters. The van der Waals surface area contributed by atoms with Crippen molar-refractivity contribution in [1.82, 2.24) is 0 Å². The fourth-order valence-electron chi connectivity index (χ4n) is 1.07. The topological polar surface area (TPSA) is 3.88 Å². The third kappa shape index (κ3) is 3.98. The first kappa shape index (κ1) is 13.3. The Balaban J connectivity index is 0.000000221. The Morgan fingerprint density at radius 1 is 1.19 bits per heavy atom. The standard InChI is InChI=1S/C8H7ClNS.BF4/c1-10-6-4-2-3-5-7(6)11-8(10)9;2-1(3,4)5/h2-5H,1H3;/q+1;-1. The molecule has 1 aromatic carbocycles. The van der Waals surface area contributed by atoms with E-state index in [1.807, 2.05) is 23.7 Å². The average molecular weight is 271 g/mol. The average Bonchev–Trinajstić information content (AvgIpc) is 2.41. The van der Waals surface area contributed by atoms with Crippen molar-refractivity contribution in [2.75, 3.05) is 0 Å². The van der Waals surface area contributed by atoms with Crippen LogP contribution in [0.25, 0.3) is 10.2 Å². The van der Waals surface area contributed by atoms with Crippen molar-refractivity contribution in [3.63, 3.8) is 0 Å². The molecule has 88 valence electrons. The van der Waals surface area contributed by atoms with Crippen molar-refractivity contribution in [2.45, 2.75) is 0 Å². The van der Waals surface area contributed by atoms with Crippen LogP contribution in [0.15, 0.2) is 24.3 Å². The maximum Gasteiger partial charge on any atom is 0.673 e. The molecule has 2 aromatic rings. The van der Waals surface area contributed by atoms with E-state index in [0.29, 0.717) is 0 Å². The monoisotopic (exact) mass is 271 g/mol. The van der Waals surface area contributed by atoms with Gasteiger partial charge in [-0.05, 0) is 17.4 Å². The molecular weight excluding hydrogens is 264 g/mol. The summed E-state index contributed by atoms with van der Waals surface area (Å²) in [6, 6.07) is 8.18. The van der Waals surface area contributed by atoms with E-state index < -0.39 is 7.25 Å². The maximum atomic E-state index is 9.75. The van der Waals surface area contributed by atoms with Gasteiger partial charge in [-0.2, -0.15) is 4.57 Å². The molecular formula is C8H7BClF4NS. The van der Waals surface area contributed by atoms with E-state index in [1.165, 1.54) is 10.2 Å². The van der Waals surface area contributed by atoms with Crippen molar-refractivity contribution in [3.8, 4) is 0 Å². The predicted molar refractivity (Wildman–Crippen MR) is 58.2 cm³/mol. The zero-order valence-corrected chi connectivity index (χ0v) is 9.70. The lowest BCUT2D eigenvalue weighted by Gasteiger charge is -1.94. The fourth-order valence-corrected chi connectivity index (χ4v) is 2.29. The minimum atomic E-state index is -6.00. The van der Waals surface area contributed by atoms with Gasteiger partial charge in [0.05, 0.1) is 0 Å². The Morgan fingerprint density at radius 3 is 2.19 bits per heavy atom. The normalized spacial score (nSPS) is 11.1. The first-order valence-corrected chi connectivity index (χ1v) is 5.39. The number of thiazole rings is 1. The first-order valence-electron chi connectivity index (χ1n) is 4.19. The van der Waals surface area contributed by atoms with Crippen LogP contribution in [0.3, 0.4) is 0 Å². The molecule has 0 aliphatic heterocycles. The highest BCUT2D eigenvalue weighted by atomic mass is 35.5. The van der Waals surface area contributed by atoms with Crippen LogP contribution in [-0.2, 0) is 7.05 Å². The van der Waals surface area contributed by atoms with Gasteiger partial charge in [-0.3, -0.25) is 0 Å². The summed E-state index contributed by atoms with van der Waals surface area (Å²) in [6.07, 6.45) is 0. The van der Waals surface area contributed by atoms with E-state index in [-0.39, 0.29) is 0 Å². The summed E-state index contributed by atoms with van der Waals surface area (Å²) in [5, 5.41) is 0. The molecule has 0 unspecified atom stereocenters. The van der Waals surface area contributed by atoms with Crippen LogP contribution in [0.1, 0.15) is 0 Å². The summed E-state index contributed by atoms with van der Waals surface area (Å²) in [5.74, 6) is 0. The second-order valence-corrected chi connectivity index (χ2v) is 4.49. The Bertz CT molecular complexity index is 478. The molecule has 1 nitrogen and oxygen atoms in total. The molecule has 0 radical (unpaired) electrons. The molecule has 1 aromatic heterocycles. The number of para-hydroxylation sites is 1. The summed E-state index contributed by atoms with van der Waals surface area (Å²) in [7, 11) is -4.03. The van der Waals surface area contributed by atoms with Gasteiger partial charge in [-0.15, -0.1) is 0 Å². The van der Waals surface area contributed by atoms with Gasteiger partial charge in [-0.25, -0.2) is 0 Å². The Hall–Kier alpha value is -0.815. The molecule has 2 rings (SSSR count). The third-order valence-electron chi connectivity index (χ3n) is 1.68. The van der Waals surface area contributed by atoms with Gasteiger partial charge in [0.15, 0.2) is 0 Å². The molecule has 0 spiro atoms. The molecule has 1 heterocycles. The van der Waals surface area contributed by atoms with E-state index in [1.54, 1.807) is 11.3 Å². The lowest BCUT2D eigenvalue weighted by molar-refractivity contribution is -0.638. The smallest absolute Gasteiger partial charge is 0.418 e. The molecule has 8 heteroatoms. The van der Waals surface area contributed by atoms with Crippen molar-refractivity contribution in [2.24, 2.45) is 7.05 Å². The minimum Gasteiger partial charge on any atom is -0.418 e. The second-order valence-electron chi connectivity index (χ2n) is 2.88. The van der Waals surface area contributed by atoms with E-state index in [2.05, 4.69) is 12.1 Å². The predicted octanol–water partition coefficient (Wildman–Crippen LogP) is 3.68. The number of hydrogen-bond donors (Lipinski definition) is 0. The quantitative estimate of drug-likeness (QED) is 0.391. The molecule has 0 N–H and O–H groups in total. The highest BCUT2D eigenvalue weighted by Gasteiger charge is 2.20. The number of fused-ring (bicyclic) bond motifs is 1. The minimum absolute atomic E-state index is 0.825. The number of hydrogen-bond acceptors (Lipinski definition) is 1. The van der Waals surface area contributed by atoms with Gasteiger partial charge in [0.2, 0.25) is 5.52 Å². The van der Waals surface area contributed by atoms with Gasteiger partial charge in [0, 0.05) is 17.7 Å². The van der Waals surface area contributed by atoms with E-state index in [4.69, 9.17) is 11.6 Å². The Kier molecular flexibility index (Phi) is 4.15. The summed E-state index contributed by atoms with van der Waals surface area (Å²) >= 11 is 7.54. The molecule has 0 aliphatic rings. The van der Waals surface area contributed by atoms with Crippen molar-refractivity contribution < 1.29 is 21.8 Å². The van der Waals surface area contributed by atoms with Gasteiger partial charge >= 0.3 is 11.7 Å². The van der Waals surface area contributed by atoms with E-state index in [0.717, 1.165) is 4.47 Å². The lowest BCUT2D eigenvalue weighted by Crippen LogP contribution is -2.26. The molecule has 0 bridgehead atoms. The van der Waals surface area contributed by atoms with Gasteiger partial charge in [0.1, 0.15) is 11.7 Å². The summed E-state index contributed by atoms with van der Waals surface area (Å²) in [4.78, 5) is 0. The largest absolute Gasteiger partial charge is 0.673 e. The summed E-state index contributed by atoms with van der Waals surface area (Å²) in [5.41, 5.74) is 1.20. The highest BCUT2D eigenvalue weighted by molar-refractivity contribution is 7.21. The zero-order chi connectivity index (χ0) is 12.3. The van der Waals surface area contributed by atoms with E-state index >= 15 is 0 Å². The fraction of sp³-hybridized carbons (Fsp3) is 0.125. The Morgan fingerprint density at radius 2 is 1.69 bits per heavy atom. The van der Waals surface area contributed by atoms with Gasteiger partial charge in [-0.1, -0.05) is 12.1 Å². The molecule has 0 saturated carbocycles. The number of benzene rings is 1. The van der Waals surface area contributed by atoms with Crippen LogP contribution in [0.2, 0.25) is 4.47 Å². The van der Waals surface area contributed by atoms with Crippen LogP contribution in [0, 0.1) is 0 Å². The third-order valence-corrected chi connectivity index (χ3v) is 3.18. The van der Waals surface area contributed by atoms with Crippen LogP contribution < -0.4 is 4.57 Å². The summed E-state index contributed by atoms with van der Waals surface area (Å²) < 4.78 is 43.0. The van der Waals surface area contributed by atoms with Crippen molar-refractivity contribution in [3.05, 3.63) is 28.7 Å². The number of aromatic nitrogens is 1. The maximum absolute atomic E-state index is 9.75. The van der Waals surface area contributed by atoms with Crippen LogP contribution in [0.4, 0.5) is 17.3 Å². The lowest BCUT2D eigenvalue weighted by atomic mass is 10.3. The molecule has 0 saturated heterocycles. The zero-order valence-electron chi connectivity index (χ0n) is 8.13. The van der Waals surface area contributed by atoms with Crippen molar-refractivity contribution in [1.29, 1.82) is 0 Å². The van der Waals surface area contributed by atoms with Gasteiger partial charge in [0.25, 0.3) is 0 Å². The second kappa shape index (κ2) is 5.01. The number of halogens is 5. The van der Waals surface area contributed by atoms with Gasteiger partial charge < -0.3 is 17.3 Å². The van der Waals surface area contributed by atoms with Crippen molar-refractivity contribution >= 4 is 40.4 Å². The number of rotatable bonds is 0. The molecule has 0 fully saturated rings. The SMILES string of the molecule is C[n+]1c(Cl)sc2ccccc21.F[B-](F)(F)F. The highest BCUT2D eigenvalue weighted by Crippen LogP contribution is 2.22. The first-order chi connectivity index (χ1) is 7.29. The Labute approximate surface area is 98.4 Å². The summed E-state index contributed by atoms with van der Waals surface area (Å²) in [6.45, 7) is 0. The van der Waals surface area contributed by atoms with Crippen LogP contribution >= 0.6 is 22.9 Å². The van der Waals surface area contributed by atoms with E-state index in [9.17, 15) is 17.3 Å². The van der Waals surface area contributed by atoms with Crippen LogP contribution in [-0.4, -0.2) is 7.25 Å². The number of nitrogens with zero attached hydrogens (tertiary/aromatic N) is 1. The number of aryl methyl sites for hydroxylation is 1.